The summed E-state index contributed by atoms with van der Waals surface area (Å²) in [5.74, 6) is -0.700. The standard InChI is InChI=1S/C23H16Cl2F3NO3/c1-14(16-5-10-20(24)21(25)12-16)29-31-13-15-3-2-4-17(11-15)22(30)32-19-8-6-18(7-9-19)23(26,27)28/h2-12H,13H2,1H3/b29-14+. The van der Waals surface area contributed by atoms with Crippen LogP contribution in [0.1, 0.15) is 34.0 Å². The van der Waals surface area contributed by atoms with Crippen LogP contribution in [0.5, 0.6) is 5.75 Å². The van der Waals surface area contributed by atoms with E-state index < -0.39 is 17.7 Å². The number of alkyl halides is 3. The van der Waals surface area contributed by atoms with Gasteiger partial charge in [-0.25, -0.2) is 4.79 Å². The van der Waals surface area contributed by atoms with Crippen LogP contribution < -0.4 is 4.74 Å². The van der Waals surface area contributed by atoms with Gasteiger partial charge in [0, 0.05) is 5.56 Å². The highest BCUT2D eigenvalue weighted by Gasteiger charge is 2.30. The second kappa shape index (κ2) is 10.1. The van der Waals surface area contributed by atoms with Crippen LogP contribution in [0, 0.1) is 0 Å². The molecule has 0 fully saturated rings. The Kier molecular flexibility index (Phi) is 7.43. The first-order valence-electron chi connectivity index (χ1n) is 9.24. The fourth-order valence-electron chi connectivity index (χ4n) is 2.64. The van der Waals surface area contributed by atoms with E-state index in [1.807, 2.05) is 0 Å². The number of oxime groups is 1. The average molecular weight is 482 g/mol. The van der Waals surface area contributed by atoms with E-state index in [1.54, 1.807) is 43.3 Å². The minimum absolute atomic E-state index is 0.00602. The quantitative estimate of drug-likeness (QED) is 0.162. The molecule has 3 aromatic rings. The van der Waals surface area contributed by atoms with Crippen LogP contribution in [0.2, 0.25) is 10.0 Å². The van der Waals surface area contributed by atoms with E-state index in [1.165, 1.54) is 6.07 Å². The molecule has 9 heteroatoms. The SMILES string of the molecule is C/C(=N\OCc1cccc(C(=O)Oc2ccc(C(F)(F)F)cc2)c1)c1ccc(Cl)c(Cl)c1. The van der Waals surface area contributed by atoms with Crippen LogP contribution in [0.25, 0.3) is 0 Å². The van der Waals surface area contributed by atoms with Crippen LogP contribution in [0.3, 0.4) is 0 Å². The normalized spacial score (nSPS) is 11.9. The zero-order valence-electron chi connectivity index (χ0n) is 16.6. The number of ether oxygens (including phenoxy) is 1. The third kappa shape index (κ3) is 6.24. The van der Waals surface area contributed by atoms with E-state index in [9.17, 15) is 18.0 Å². The van der Waals surface area contributed by atoms with E-state index in [0.717, 1.165) is 29.8 Å². The fraction of sp³-hybridized carbons (Fsp3) is 0.130. The van der Waals surface area contributed by atoms with E-state index in [4.69, 9.17) is 32.8 Å². The van der Waals surface area contributed by atoms with Crippen LogP contribution in [0.15, 0.2) is 71.9 Å². The molecule has 166 valence electrons. The predicted octanol–water partition coefficient (Wildman–Crippen LogP) is 7.17. The summed E-state index contributed by atoms with van der Waals surface area (Å²) >= 11 is 11.9. The summed E-state index contributed by atoms with van der Waals surface area (Å²) in [5.41, 5.74) is 1.37. The lowest BCUT2D eigenvalue weighted by atomic mass is 10.1. The number of carbonyl (C=O) groups is 1. The van der Waals surface area contributed by atoms with E-state index in [0.29, 0.717) is 21.3 Å². The Labute approximate surface area is 192 Å². The van der Waals surface area contributed by atoms with Crippen molar-refractivity contribution in [3.05, 3.63) is 99.0 Å². The van der Waals surface area contributed by atoms with Crippen LogP contribution in [0.4, 0.5) is 13.2 Å². The van der Waals surface area contributed by atoms with Gasteiger partial charge in [0.25, 0.3) is 0 Å². The lowest BCUT2D eigenvalue weighted by molar-refractivity contribution is -0.137. The third-order valence-corrected chi connectivity index (χ3v) is 5.06. The van der Waals surface area contributed by atoms with Gasteiger partial charge in [-0.2, -0.15) is 13.2 Å². The summed E-state index contributed by atoms with van der Waals surface area (Å²) in [4.78, 5) is 17.7. The Balaban J connectivity index is 1.62. The van der Waals surface area contributed by atoms with E-state index in [2.05, 4.69) is 5.16 Å². The van der Waals surface area contributed by atoms with Crippen LogP contribution in [-0.4, -0.2) is 11.7 Å². The number of rotatable bonds is 6. The number of esters is 1. The average Bonchev–Trinajstić information content (AvgIpc) is 2.75. The van der Waals surface area contributed by atoms with E-state index >= 15 is 0 Å². The highest BCUT2D eigenvalue weighted by molar-refractivity contribution is 6.42. The Bertz CT molecular complexity index is 1150. The molecule has 4 nitrogen and oxygen atoms in total. The van der Waals surface area contributed by atoms with Gasteiger partial charge < -0.3 is 9.57 Å². The summed E-state index contributed by atoms with van der Waals surface area (Å²) in [5, 5.41) is 4.87. The monoisotopic (exact) mass is 481 g/mol. The smallest absolute Gasteiger partial charge is 0.416 e. The topological polar surface area (TPSA) is 47.9 Å². The predicted molar refractivity (Wildman–Crippen MR) is 116 cm³/mol. The summed E-state index contributed by atoms with van der Waals surface area (Å²) in [7, 11) is 0. The molecule has 0 amide bonds. The van der Waals surface area contributed by atoms with Gasteiger partial charge >= 0.3 is 12.1 Å². The van der Waals surface area contributed by atoms with Gasteiger partial charge in [0.15, 0.2) is 0 Å². The van der Waals surface area contributed by atoms with Crippen molar-refractivity contribution in [2.75, 3.05) is 0 Å². The van der Waals surface area contributed by atoms with Gasteiger partial charge in [0.2, 0.25) is 0 Å². The van der Waals surface area contributed by atoms with E-state index in [-0.39, 0.29) is 17.9 Å². The summed E-state index contributed by atoms with van der Waals surface area (Å²) in [6.07, 6.45) is -4.46. The maximum atomic E-state index is 12.6. The lowest BCUT2D eigenvalue weighted by Gasteiger charge is -2.09. The van der Waals surface area contributed by atoms with Crippen molar-refractivity contribution < 1.29 is 27.5 Å². The molecule has 32 heavy (non-hydrogen) atoms. The first-order valence-corrected chi connectivity index (χ1v) is 9.99. The molecule has 0 aromatic heterocycles. The van der Waals surface area contributed by atoms with Crippen molar-refractivity contribution in [2.45, 2.75) is 19.7 Å². The van der Waals surface area contributed by atoms with Gasteiger partial charge in [-0.1, -0.05) is 46.6 Å². The Hall–Kier alpha value is -3.03. The zero-order chi connectivity index (χ0) is 23.3. The minimum atomic E-state index is -4.46. The van der Waals surface area contributed by atoms with Gasteiger partial charge in [-0.3, -0.25) is 0 Å². The van der Waals surface area contributed by atoms with Crippen molar-refractivity contribution in [2.24, 2.45) is 5.16 Å². The van der Waals surface area contributed by atoms with Crippen LogP contribution in [-0.2, 0) is 17.6 Å². The molecule has 0 aliphatic carbocycles. The summed E-state index contributed by atoms with van der Waals surface area (Å²) < 4.78 is 43.0. The van der Waals surface area contributed by atoms with Gasteiger partial charge in [-0.15, -0.1) is 0 Å². The van der Waals surface area contributed by atoms with Crippen molar-refractivity contribution in [3.63, 3.8) is 0 Å². The number of carbonyl (C=O) groups excluding carboxylic acids is 1. The molecule has 3 rings (SSSR count). The molecular weight excluding hydrogens is 466 g/mol. The number of hydrogen-bond acceptors (Lipinski definition) is 4. The summed E-state index contributed by atoms with van der Waals surface area (Å²) in [6, 6.07) is 15.4. The van der Waals surface area contributed by atoms with Crippen molar-refractivity contribution >= 4 is 34.9 Å². The molecule has 0 heterocycles. The van der Waals surface area contributed by atoms with Gasteiger partial charge in [-0.05, 0) is 61.0 Å². The molecule has 0 radical (unpaired) electrons. The van der Waals surface area contributed by atoms with Crippen molar-refractivity contribution in [1.29, 1.82) is 0 Å². The Morgan fingerprint density at radius 2 is 1.66 bits per heavy atom. The molecule has 0 spiro atoms. The number of benzene rings is 3. The van der Waals surface area contributed by atoms with Gasteiger partial charge in [0.1, 0.15) is 12.4 Å². The molecule has 0 N–H and O–H groups in total. The highest BCUT2D eigenvalue weighted by Crippen LogP contribution is 2.30. The van der Waals surface area contributed by atoms with Crippen LogP contribution >= 0.6 is 23.2 Å². The number of nitrogens with zero attached hydrogens (tertiary/aromatic N) is 1. The first kappa shape index (κ1) is 23.6. The molecule has 0 saturated heterocycles. The first-order chi connectivity index (χ1) is 15.1. The maximum Gasteiger partial charge on any atom is 0.416 e. The third-order valence-electron chi connectivity index (χ3n) is 4.32. The maximum absolute atomic E-state index is 12.6. The lowest BCUT2D eigenvalue weighted by Crippen LogP contribution is -2.10. The van der Waals surface area contributed by atoms with Crippen molar-refractivity contribution in [3.8, 4) is 5.75 Å². The molecule has 0 saturated carbocycles. The second-order valence-corrected chi connectivity index (χ2v) is 7.51. The highest BCUT2D eigenvalue weighted by atomic mass is 35.5. The number of hydrogen-bond donors (Lipinski definition) is 0. The molecule has 0 aliphatic heterocycles. The molecule has 0 unspecified atom stereocenters. The molecule has 0 atom stereocenters. The molecule has 0 bridgehead atoms. The Morgan fingerprint density at radius 1 is 0.938 bits per heavy atom. The second-order valence-electron chi connectivity index (χ2n) is 6.69. The Morgan fingerprint density at radius 3 is 2.31 bits per heavy atom. The van der Waals surface area contributed by atoms with Gasteiger partial charge in [0.05, 0.1) is 26.9 Å². The summed E-state index contributed by atoms with van der Waals surface area (Å²) in [6.45, 7) is 1.83. The molecule has 3 aromatic carbocycles. The largest absolute Gasteiger partial charge is 0.423 e. The fourth-order valence-corrected chi connectivity index (χ4v) is 2.94. The number of halogens is 5. The minimum Gasteiger partial charge on any atom is -0.423 e. The zero-order valence-corrected chi connectivity index (χ0v) is 18.1. The molecular formula is C23H16Cl2F3NO3. The van der Waals surface area contributed by atoms with Crippen molar-refractivity contribution in [1.82, 2.24) is 0 Å². The molecule has 0 aliphatic rings.